The zero-order valence-electron chi connectivity index (χ0n) is 20.3. The summed E-state index contributed by atoms with van der Waals surface area (Å²) in [7, 11) is -3.80. The minimum absolute atomic E-state index is 0. The van der Waals surface area contributed by atoms with Crippen molar-refractivity contribution < 1.29 is 16.8 Å². The molecule has 0 saturated heterocycles. The topological polar surface area (TPSA) is 52.6 Å². The van der Waals surface area contributed by atoms with Crippen LogP contribution < -0.4 is 0 Å². The Kier molecular flexibility index (Phi) is 28.3. The largest absolute Gasteiger partial charge is 0.399 e. The first-order chi connectivity index (χ1) is 14.1. The van der Waals surface area contributed by atoms with Crippen LogP contribution in [0.2, 0.25) is 0 Å². The van der Waals surface area contributed by atoms with Crippen LogP contribution in [-0.2, 0) is 18.8 Å². The van der Waals surface area contributed by atoms with Gasteiger partial charge >= 0.3 is 10.4 Å². The highest BCUT2D eigenvalue weighted by molar-refractivity contribution is 7.81. The zero-order valence-corrected chi connectivity index (χ0v) is 22.5. The lowest BCUT2D eigenvalue weighted by atomic mass is 10.1. The van der Waals surface area contributed by atoms with Gasteiger partial charge < -0.3 is 0 Å². The van der Waals surface area contributed by atoms with Crippen molar-refractivity contribution in [3.8, 4) is 0 Å². The van der Waals surface area contributed by atoms with Gasteiger partial charge in [-0.3, -0.25) is 0 Å². The molecule has 0 aliphatic carbocycles. The Bertz CT molecular complexity index is 383. The lowest BCUT2D eigenvalue weighted by molar-refractivity contribution is 0.208. The molecule has 6 heteroatoms. The van der Waals surface area contributed by atoms with Crippen LogP contribution in [0.15, 0.2) is 0 Å². The predicted molar refractivity (Wildman–Crippen MR) is 130 cm³/mol. The van der Waals surface area contributed by atoms with Gasteiger partial charge in [-0.2, -0.15) is 8.42 Å². The van der Waals surface area contributed by atoms with E-state index >= 15 is 0 Å². The van der Waals surface area contributed by atoms with Crippen LogP contribution in [0, 0.1) is 0 Å². The van der Waals surface area contributed by atoms with E-state index in [0.717, 1.165) is 38.5 Å². The van der Waals surface area contributed by atoms with E-state index in [1.807, 2.05) is 0 Å². The summed E-state index contributed by atoms with van der Waals surface area (Å²) in [6.45, 7) is 4.98. The third-order valence-corrected chi connectivity index (χ3v) is 6.36. The van der Waals surface area contributed by atoms with Gasteiger partial charge in [-0.1, -0.05) is 129 Å². The Labute approximate surface area is 205 Å². The van der Waals surface area contributed by atoms with E-state index in [9.17, 15) is 8.42 Å². The lowest BCUT2D eigenvalue weighted by Crippen LogP contribution is -2.12. The summed E-state index contributed by atoms with van der Waals surface area (Å²) < 4.78 is 33.3. The Balaban J connectivity index is 0. The zero-order chi connectivity index (χ0) is 21.5. The number of hydrogen-bond donors (Lipinski definition) is 0. The molecule has 0 N–H and O–H groups in total. The fraction of sp³-hybridized carbons (Fsp3) is 1.00. The van der Waals surface area contributed by atoms with E-state index in [1.165, 1.54) is 89.9 Å². The summed E-state index contributed by atoms with van der Waals surface area (Å²) in [5.41, 5.74) is 0. The molecule has 0 amide bonds. The van der Waals surface area contributed by atoms with Crippen LogP contribution in [0.5, 0.6) is 0 Å². The number of hydrogen-bond acceptors (Lipinski definition) is 4. The first-order valence-corrected chi connectivity index (χ1v) is 14.0. The molecule has 0 aliphatic rings. The van der Waals surface area contributed by atoms with Crippen LogP contribution in [0.3, 0.4) is 0 Å². The van der Waals surface area contributed by atoms with Crippen LogP contribution >= 0.6 is 0 Å². The molecule has 0 heterocycles. The predicted octanol–water partition coefficient (Wildman–Crippen LogP) is 7.73. The van der Waals surface area contributed by atoms with E-state index in [4.69, 9.17) is 8.37 Å². The average Bonchev–Trinajstić information content (AvgIpc) is 2.70. The number of unbranched alkanes of at least 4 members (excludes halogenated alkanes) is 18. The van der Waals surface area contributed by atoms with Crippen molar-refractivity contribution in [3.63, 3.8) is 0 Å². The van der Waals surface area contributed by atoms with Gasteiger partial charge in [0.1, 0.15) is 0 Å². The molecule has 0 rings (SSSR count). The van der Waals surface area contributed by atoms with E-state index in [2.05, 4.69) is 13.8 Å². The smallest absolute Gasteiger partial charge is 0.248 e. The fourth-order valence-corrected chi connectivity index (χ4v) is 4.25. The molecule has 178 valence electrons. The molecule has 0 aromatic rings. The minimum Gasteiger partial charge on any atom is -0.248 e. The van der Waals surface area contributed by atoms with Gasteiger partial charge in [-0.05, 0) is 12.8 Å². The third-order valence-electron chi connectivity index (χ3n) is 5.45. The summed E-state index contributed by atoms with van der Waals surface area (Å²) in [5.74, 6) is 0. The highest BCUT2D eigenvalue weighted by Gasteiger charge is 2.11. The van der Waals surface area contributed by atoms with Gasteiger partial charge in [0, 0.05) is 23.1 Å². The van der Waals surface area contributed by atoms with Crippen molar-refractivity contribution in [1.82, 2.24) is 0 Å². The Morgan fingerprint density at radius 3 is 0.933 bits per heavy atom. The quantitative estimate of drug-likeness (QED) is 0.110. The van der Waals surface area contributed by atoms with E-state index in [1.54, 1.807) is 0 Å². The average molecular weight is 459 g/mol. The molecule has 0 bridgehead atoms. The third kappa shape index (κ3) is 26.7. The Morgan fingerprint density at radius 2 is 0.667 bits per heavy atom. The van der Waals surface area contributed by atoms with E-state index < -0.39 is 10.4 Å². The van der Waals surface area contributed by atoms with Crippen molar-refractivity contribution in [3.05, 3.63) is 0 Å². The lowest BCUT2D eigenvalue weighted by Gasteiger charge is -2.06. The molecule has 0 atom stereocenters. The first kappa shape index (κ1) is 32.8. The van der Waals surface area contributed by atoms with Gasteiger partial charge in [-0.25, -0.2) is 8.37 Å². The van der Waals surface area contributed by atoms with Gasteiger partial charge in [0.25, 0.3) is 0 Å². The normalized spacial score (nSPS) is 11.5. The summed E-state index contributed by atoms with van der Waals surface area (Å²) in [6, 6.07) is 0. The summed E-state index contributed by atoms with van der Waals surface area (Å²) in [6.07, 6.45) is 24.4. The summed E-state index contributed by atoms with van der Waals surface area (Å²) in [4.78, 5) is 0. The second kappa shape index (κ2) is 25.9. The molecule has 0 aromatic carbocycles. The van der Waals surface area contributed by atoms with E-state index in [0.29, 0.717) is 0 Å². The molecule has 0 spiro atoms. The molecule has 30 heavy (non-hydrogen) atoms. The van der Waals surface area contributed by atoms with Crippen LogP contribution in [0.1, 0.15) is 142 Å². The number of rotatable bonds is 24. The van der Waals surface area contributed by atoms with Crippen molar-refractivity contribution >= 4 is 33.5 Å². The second-order valence-electron chi connectivity index (χ2n) is 8.42. The van der Waals surface area contributed by atoms with Crippen molar-refractivity contribution in [2.45, 2.75) is 142 Å². The maximum atomic E-state index is 11.7. The monoisotopic (exact) mass is 458 g/mol. The fourth-order valence-electron chi connectivity index (χ4n) is 3.53. The molecule has 0 aliphatic heterocycles. The standard InChI is InChI=1S/C24H50O4S.Mg/c1-3-5-7-9-11-13-15-17-19-21-23-27-29(25,26)28-24-22-20-18-16-14-12-10-8-6-4-2;/h3-24H2,1-2H3;. The SMILES string of the molecule is CCCCCCCCCCCCOS(=O)(=O)OCCCCCCCCCCCC.[Mg]. The maximum absolute atomic E-state index is 11.7. The Morgan fingerprint density at radius 1 is 0.433 bits per heavy atom. The highest BCUT2D eigenvalue weighted by atomic mass is 32.3. The first-order valence-electron chi connectivity index (χ1n) is 12.7. The van der Waals surface area contributed by atoms with Crippen LogP contribution in [-0.4, -0.2) is 44.7 Å². The van der Waals surface area contributed by atoms with Crippen LogP contribution in [0.4, 0.5) is 0 Å². The molecular weight excluding hydrogens is 409 g/mol. The summed E-state index contributed by atoms with van der Waals surface area (Å²) in [5, 5.41) is 0. The van der Waals surface area contributed by atoms with E-state index in [-0.39, 0.29) is 36.3 Å². The molecule has 2 radical (unpaired) electrons. The molecular formula is C24H50MgO4S. The minimum atomic E-state index is -3.80. The molecule has 0 aromatic heterocycles. The molecule has 0 unspecified atom stereocenters. The maximum Gasteiger partial charge on any atom is 0.399 e. The van der Waals surface area contributed by atoms with Gasteiger partial charge in [0.2, 0.25) is 0 Å². The Hall–Kier alpha value is 0.636. The molecule has 4 nitrogen and oxygen atoms in total. The van der Waals surface area contributed by atoms with Gasteiger partial charge in [0.15, 0.2) is 0 Å². The van der Waals surface area contributed by atoms with Crippen LogP contribution in [0.25, 0.3) is 0 Å². The summed E-state index contributed by atoms with van der Waals surface area (Å²) >= 11 is 0. The van der Waals surface area contributed by atoms with Crippen molar-refractivity contribution in [1.29, 1.82) is 0 Å². The molecule has 0 fully saturated rings. The van der Waals surface area contributed by atoms with Gasteiger partial charge in [-0.15, -0.1) is 0 Å². The van der Waals surface area contributed by atoms with Gasteiger partial charge in [0.05, 0.1) is 13.2 Å². The van der Waals surface area contributed by atoms with Crippen molar-refractivity contribution in [2.24, 2.45) is 0 Å². The highest BCUT2D eigenvalue weighted by Crippen LogP contribution is 2.12. The van der Waals surface area contributed by atoms with Crippen molar-refractivity contribution in [2.75, 3.05) is 13.2 Å². The molecule has 0 saturated carbocycles. The second-order valence-corrected chi connectivity index (χ2v) is 9.70.